The Morgan fingerprint density at radius 1 is 1.22 bits per heavy atom. The highest BCUT2D eigenvalue weighted by Gasteiger charge is 2.28. The Balaban J connectivity index is 2.33. The summed E-state index contributed by atoms with van der Waals surface area (Å²) in [6, 6.07) is 0. The molecule has 1 aliphatic heterocycles. The van der Waals surface area contributed by atoms with Crippen LogP contribution in [0.3, 0.4) is 0 Å². The number of methoxy groups -OCH3 is 1. The fraction of sp³-hybridized carbons (Fsp3) is 0.944. The maximum atomic E-state index is 12.3. The minimum Gasteiger partial charge on any atom is -0.385 e. The van der Waals surface area contributed by atoms with Crippen molar-refractivity contribution >= 4 is 5.96 Å². The Morgan fingerprint density at radius 2 is 1.93 bits per heavy atom. The lowest BCUT2D eigenvalue weighted by Gasteiger charge is -2.34. The summed E-state index contributed by atoms with van der Waals surface area (Å²) in [6.45, 7) is 5.96. The number of alkyl halides is 3. The van der Waals surface area contributed by atoms with Gasteiger partial charge in [-0.3, -0.25) is 9.89 Å². The molecule has 1 fully saturated rings. The normalized spacial score (nSPS) is 17.0. The first-order valence-electron chi connectivity index (χ1n) is 9.74. The van der Waals surface area contributed by atoms with Crippen molar-refractivity contribution in [1.29, 1.82) is 0 Å². The van der Waals surface area contributed by atoms with Crippen molar-refractivity contribution in [2.24, 2.45) is 4.99 Å². The summed E-state index contributed by atoms with van der Waals surface area (Å²) in [5.74, 6) is 0.841. The average molecular weight is 396 g/mol. The van der Waals surface area contributed by atoms with Gasteiger partial charge >= 0.3 is 6.18 Å². The van der Waals surface area contributed by atoms with Gasteiger partial charge in [0.2, 0.25) is 0 Å². The molecule has 1 aliphatic rings. The third-order valence-electron chi connectivity index (χ3n) is 4.33. The predicted molar refractivity (Wildman–Crippen MR) is 101 cm³/mol. The molecule has 0 unspecified atom stereocenters. The summed E-state index contributed by atoms with van der Waals surface area (Å²) < 4.78 is 47.9. The highest BCUT2D eigenvalue weighted by Crippen LogP contribution is 2.16. The Labute approximate surface area is 161 Å². The zero-order valence-electron chi connectivity index (χ0n) is 16.9. The molecule has 0 bridgehead atoms. The molecule has 1 saturated heterocycles. The van der Waals surface area contributed by atoms with Crippen LogP contribution in [-0.2, 0) is 9.47 Å². The fourth-order valence-corrected chi connectivity index (χ4v) is 3.02. The fourth-order valence-electron chi connectivity index (χ4n) is 3.02. The SMILES string of the molecule is CCNC(=NCCCN(C)CC(F)(F)F)N1CCC(OCCCOC)CC1. The van der Waals surface area contributed by atoms with Crippen LogP contribution in [0.25, 0.3) is 0 Å². The van der Waals surface area contributed by atoms with E-state index in [1.165, 1.54) is 11.9 Å². The highest BCUT2D eigenvalue weighted by molar-refractivity contribution is 5.80. The maximum Gasteiger partial charge on any atom is 0.401 e. The topological polar surface area (TPSA) is 49.3 Å². The van der Waals surface area contributed by atoms with Crippen molar-refractivity contribution in [2.75, 3.05) is 66.6 Å². The molecule has 0 aromatic heterocycles. The molecule has 1 N–H and O–H groups in total. The molecule has 160 valence electrons. The third-order valence-corrected chi connectivity index (χ3v) is 4.33. The van der Waals surface area contributed by atoms with Crippen molar-refractivity contribution in [3.63, 3.8) is 0 Å². The quantitative estimate of drug-likeness (QED) is 0.330. The lowest BCUT2D eigenvalue weighted by Crippen LogP contribution is -2.47. The van der Waals surface area contributed by atoms with Crippen molar-refractivity contribution in [3.8, 4) is 0 Å². The molecule has 9 heteroatoms. The standard InChI is InChI=1S/C18H35F3N4O2/c1-4-22-17(23-9-5-10-24(2)15-18(19,20)21)25-11-7-16(8-12-25)27-14-6-13-26-3/h16H,4-15H2,1-3H3,(H,22,23). The summed E-state index contributed by atoms with van der Waals surface area (Å²) in [5.41, 5.74) is 0. The van der Waals surface area contributed by atoms with Gasteiger partial charge in [-0.2, -0.15) is 13.2 Å². The summed E-state index contributed by atoms with van der Waals surface area (Å²) in [6.07, 6.45) is -0.471. The summed E-state index contributed by atoms with van der Waals surface area (Å²) in [5, 5.41) is 3.28. The zero-order valence-corrected chi connectivity index (χ0v) is 16.9. The van der Waals surface area contributed by atoms with E-state index in [9.17, 15) is 13.2 Å². The molecule has 0 amide bonds. The molecule has 0 radical (unpaired) electrons. The van der Waals surface area contributed by atoms with E-state index in [1.807, 2.05) is 6.92 Å². The van der Waals surface area contributed by atoms with E-state index >= 15 is 0 Å². The summed E-state index contributed by atoms with van der Waals surface area (Å²) in [7, 11) is 3.17. The van der Waals surface area contributed by atoms with Gasteiger partial charge in [-0.25, -0.2) is 0 Å². The van der Waals surface area contributed by atoms with Crippen LogP contribution in [0, 0.1) is 0 Å². The molecule has 27 heavy (non-hydrogen) atoms. The third kappa shape index (κ3) is 11.4. The second-order valence-electron chi connectivity index (χ2n) is 6.85. The van der Waals surface area contributed by atoms with Crippen LogP contribution in [0.2, 0.25) is 0 Å². The van der Waals surface area contributed by atoms with Crippen molar-refractivity contribution in [2.45, 2.75) is 44.9 Å². The van der Waals surface area contributed by atoms with Gasteiger partial charge in [0.25, 0.3) is 0 Å². The first kappa shape index (κ1) is 24.0. The molecular weight excluding hydrogens is 361 g/mol. The van der Waals surface area contributed by atoms with E-state index in [1.54, 1.807) is 7.11 Å². The number of aliphatic imine (C=N–C) groups is 1. The van der Waals surface area contributed by atoms with E-state index in [4.69, 9.17) is 9.47 Å². The molecule has 0 saturated carbocycles. The monoisotopic (exact) mass is 396 g/mol. The van der Waals surface area contributed by atoms with Crippen LogP contribution < -0.4 is 5.32 Å². The Bertz CT molecular complexity index is 414. The number of hydrogen-bond donors (Lipinski definition) is 1. The Morgan fingerprint density at radius 3 is 2.52 bits per heavy atom. The molecule has 0 aromatic rings. The van der Waals surface area contributed by atoms with Gasteiger partial charge < -0.3 is 19.7 Å². The van der Waals surface area contributed by atoms with Gasteiger partial charge in [0.05, 0.1) is 12.6 Å². The number of guanidine groups is 1. The number of ether oxygens (including phenoxy) is 2. The number of likely N-dealkylation sites (tertiary alicyclic amines) is 1. The van der Waals surface area contributed by atoms with Crippen LogP contribution >= 0.6 is 0 Å². The number of rotatable bonds is 11. The average Bonchev–Trinajstić information content (AvgIpc) is 2.60. The van der Waals surface area contributed by atoms with Crippen molar-refractivity contribution < 1.29 is 22.6 Å². The lowest BCUT2D eigenvalue weighted by atomic mass is 10.1. The molecule has 0 spiro atoms. The molecule has 0 aromatic carbocycles. The van der Waals surface area contributed by atoms with Crippen LogP contribution in [0.1, 0.15) is 32.6 Å². The van der Waals surface area contributed by atoms with E-state index in [0.717, 1.165) is 51.5 Å². The second-order valence-corrected chi connectivity index (χ2v) is 6.85. The van der Waals surface area contributed by atoms with E-state index < -0.39 is 12.7 Å². The molecule has 0 aliphatic carbocycles. The van der Waals surface area contributed by atoms with Gasteiger partial charge in [-0.05, 0) is 46.2 Å². The minimum atomic E-state index is -4.15. The van der Waals surface area contributed by atoms with Crippen LogP contribution in [0.4, 0.5) is 13.2 Å². The van der Waals surface area contributed by atoms with Gasteiger partial charge in [-0.1, -0.05) is 0 Å². The van der Waals surface area contributed by atoms with Gasteiger partial charge in [0.1, 0.15) is 0 Å². The van der Waals surface area contributed by atoms with Crippen LogP contribution in [0.5, 0.6) is 0 Å². The highest BCUT2D eigenvalue weighted by atomic mass is 19.4. The number of nitrogens with one attached hydrogen (secondary N) is 1. The lowest BCUT2D eigenvalue weighted by molar-refractivity contribution is -0.143. The first-order chi connectivity index (χ1) is 12.9. The molecule has 1 heterocycles. The van der Waals surface area contributed by atoms with Gasteiger partial charge in [-0.15, -0.1) is 0 Å². The second kappa shape index (κ2) is 13.2. The molecule has 1 rings (SSSR count). The van der Waals surface area contributed by atoms with Gasteiger partial charge in [0, 0.05) is 46.5 Å². The number of piperidine rings is 1. The van der Waals surface area contributed by atoms with Crippen LogP contribution in [-0.4, -0.2) is 94.7 Å². The molecule has 0 atom stereocenters. The summed E-state index contributed by atoms with van der Waals surface area (Å²) in [4.78, 5) is 8.08. The van der Waals surface area contributed by atoms with Crippen molar-refractivity contribution in [3.05, 3.63) is 0 Å². The molecule has 6 nitrogen and oxygen atoms in total. The van der Waals surface area contributed by atoms with E-state index in [-0.39, 0.29) is 6.10 Å². The summed E-state index contributed by atoms with van der Waals surface area (Å²) >= 11 is 0. The van der Waals surface area contributed by atoms with E-state index in [0.29, 0.717) is 26.1 Å². The van der Waals surface area contributed by atoms with Gasteiger partial charge in [0.15, 0.2) is 5.96 Å². The Hall–Kier alpha value is -1.06. The number of nitrogens with zero attached hydrogens (tertiary/aromatic N) is 3. The zero-order chi connectivity index (χ0) is 20.1. The number of halogens is 3. The smallest absolute Gasteiger partial charge is 0.385 e. The molecular formula is C18H35F3N4O2. The predicted octanol–water partition coefficient (Wildman–Crippen LogP) is 2.35. The first-order valence-corrected chi connectivity index (χ1v) is 9.74. The number of hydrogen-bond acceptors (Lipinski definition) is 4. The van der Waals surface area contributed by atoms with Crippen LogP contribution in [0.15, 0.2) is 4.99 Å². The van der Waals surface area contributed by atoms with Crippen molar-refractivity contribution in [1.82, 2.24) is 15.1 Å². The Kier molecular flexibility index (Phi) is 11.7. The maximum absolute atomic E-state index is 12.3. The largest absolute Gasteiger partial charge is 0.401 e. The minimum absolute atomic E-state index is 0.275. The van der Waals surface area contributed by atoms with E-state index in [2.05, 4.69) is 15.2 Å².